The van der Waals surface area contributed by atoms with Crippen LogP contribution in [0, 0.1) is 0 Å². The maximum atomic E-state index is 5.56. The van der Waals surface area contributed by atoms with E-state index >= 15 is 0 Å². The molecule has 0 fully saturated rings. The standard InChI is InChI=1S/C11H19N3O/c1-4-15-11(2,3)8-14-10-6-5-9(12)7-13-10/h5-7H,4,8,12H2,1-3H3,(H,13,14). The molecule has 0 radical (unpaired) electrons. The van der Waals surface area contributed by atoms with Crippen LogP contribution in [-0.4, -0.2) is 23.7 Å². The van der Waals surface area contributed by atoms with Crippen LogP contribution in [0.3, 0.4) is 0 Å². The van der Waals surface area contributed by atoms with Crippen LogP contribution in [0.4, 0.5) is 11.5 Å². The molecule has 0 saturated heterocycles. The van der Waals surface area contributed by atoms with Crippen LogP contribution in [0.2, 0.25) is 0 Å². The first-order chi connectivity index (χ1) is 7.03. The highest BCUT2D eigenvalue weighted by molar-refractivity contribution is 5.43. The lowest BCUT2D eigenvalue weighted by atomic mass is 10.1. The van der Waals surface area contributed by atoms with Gasteiger partial charge in [-0.25, -0.2) is 4.98 Å². The second-order valence-corrected chi connectivity index (χ2v) is 4.02. The number of hydrogen-bond acceptors (Lipinski definition) is 4. The second-order valence-electron chi connectivity index (χ2n) is 4.02. The van der Waals surface area contributed by atoms with Gasteiger partial charge in [0.25, 0.3) is 0 Å². The Morgan fingerprint density at radius 2 is 2.20 bits per heavy atom. The first kappa shape index (κ1) is 11.8. The number of ether oxygens (including phenoxy) is 1. The summed E-state index contributed by atoms with van der Waals surface area (Å²) in [6.45, 7) is 7.51. The summed E-state index contributed by atoms with van der Waals surface area (Å²) in [5, 5.41) is 3.21. The summed E-state index contributed by atoms with van der Waals surface area (Å²) in [5.41, 5.74) is 6.03. The predicted molar refractivity (Wildman–Crippen MR) is 62.8 cm³/mol. The van der Waals surface area contributed by atoms with E-state index in [2.05, 4.69) is 10.3 Å². The van der Waals surface area contributed by atoms with E-state index in [1.54, 1.807) is 6.20 Å². The van der Waals surface area contributed by atoms with E-state index in [0.717, 1.165) is 12.4 Å². The number of anilines is 2. The average molecular weight is 209 g/mol. The molecular formula is C11H19N3O. The fourth-order valence-corrected chi connectivity index (χ4v) is 1.26. The van der Waals surface area contributed by atoms with Gasteiger partial charge in [-0.15, -0.1) is 0 Å². The van der Waals surface area contributed by atoms with Crippen molar-refractivity contribution in [1.82, 2.24) is 4.98 Å². The van der Waals surface area contributed by atoms with E-state index in [0.29, 0.717) is 12.3 Å². The highest BCUT2D eigenvalue weighted by Gasteiger charge is 2.16. The number of hydrogen-bond donors (Lipinski definition) is 2. The van der Waals surface area contributed by atoms with Gasteiger partial charge in [-0.3, -0.25) is 0 Å². The minimum absolute atomic E-state index is 0.183. The number of nitrogens with zero attached hydrogens (tertiary/aromatic N) is 1. The Bertz CT molecular complexity index is 295. The molecule has 0 spiro atoms. The van der Waals surface area contributed by atoms with Crippen LogP contribution in [-0.2, 0) is 4.74 Å². The third kappa shape index (κ3) is 4.16. The van der Waals surface area contributed by atoms with Crippen molar-refractivity contribution < 1.29 is 4.74 Å². The molecular weight excluding hydrogens is 190 g/mol. The van der Waals surface area contributed by atoms with Gasteiger partial charge in [0.1, 0.15) is 5.82 Å². The third-order valence-corrected chi connectivity index (χ3v) is 2.02. The molecule has 4 nitrogen and oxygen atoms in total. The molecule has 15 heavy (non-hydrogen) atoms. The van der Waals surface area contributed by atoms with Gasteiger partial charge in [0.05, 0.1) is 17.5 Å². The van der Waals surface area contributed by atoms with Crippen LogP contribution in [0.25, 0.3) is 0 Å². The second kappa shape index (κ2) is 4.98. The van der Waals surface area contributed by atoms with Crippen LogP contribution in [0.1, 0.15) is 20.8 Å². The van der Waals surface area contributed by atoms with E-state index in [1.165, 1.54) is 0 Å². The minimum Gasteiger partial charge on any atom is -0.397 e. The molecule has 1 rings (SSSR count). The van der Waals surface area contributed by atoms with Crippen LogP contribution >= 0.6 is 0 Å². The molecule has 1 heterocycles. The highest BCUT2D eigenvalue weighted by Crippen LogP contribution is 2.11. The largest absolute Gasteiger partial charge is 0.397 e. The van der Waals surface area contributed by atoms with Gasteiger partial charge < -0.3 is 15.8 Å². The van der Waals surface area contributed by atoms with Gasteiger partial charge >= 0.3 is 0 Å². The summed E-state index contributed by atoms with van der Waals surface area (Å²) in [7, 11) is 0. The zero-order valence-corrected chi connectivity index (χ0v) is 9.58. The number of nitrogens with one attached hydrogen (secondary N) is 1. The van der Waals surface area contributed by atoms with Crippen molar-refractivity contribution in [2.24, 2.45) is 0 Å². The van der Waals surface area contributed by atoms with Crippen molar-refractivity contribution >= 4 is 11.5 Å². The molecule has 3 N–H and O–H groups in total. The lowest BCUT2D eigenvalue weighted by Gasteiger charge is -2.25. The monoisotopic (exact) mass is 209 g/mol. The minimum atomic E-state index is -0.183. The molecule has 0 aliphatic carbocycles. The van der Waals surface area contributed by atoms with Gasteiger partial charge in [-0.2, -0.15) is 0 Å². The van der Waals surface area contributed by atoms with E-state index in [4.69, 9.17) is 10.5 Å². The van der Waals surface area contributed by atoms with Gasteiger partial charge in [0, 0.05) is 13.2 Å². The van der Waals surface area contributed by atoms with Crippen molar-refractivity contribution in [1.29, 1.82) is 0 Å². The molecule has 4 heteroatoms. The van der Waals surface area contributed by atoms with Gasteiger partial charge in [-0.1, -0.05) is 0 Å². The summed E-state index contributed by atoms with van der Waals surface area (Å²) >= 11 is 0. The predicted octanol–water partition coefficient (Wildman–Crippen LogP) is 1.89. The quantitative estimate of drug-likeness (QED) is 0.777. The van der Waals surface area contributed by atoms with Crippen molar-refractivity contribution in [2.45, 2.75) is 26.4 Å². The first-order valence-electron chi connectivity index (χ1n) is 5.13. The molecule has 1 aromatic heterocycles. The van der Waals surface area contributed by atoms with E-state index in [9.17, 15) is 0 Å². The van der Waals surface area contributed by atoms with Crippen molar-refractivity contribution in [3.8, 4) is 0 Å². The Labute approximate surface area is 90.8 Å². The Morgan fingerprint density at radius 3 is 2.73 bits per heavy atom. The molecule has 0 aliphatic heterocycles. The Balaban J connectivity index is 2.46. The number of nitrogens with two attached hydrogens (primary N) is 1. The van der Waals surface area contributed by atoms with Crippen LogP contribution < -0.4 is 11.1 Å². The Kier molecular flexibility index (Phi) is 3.91. The smallest absolute Gasteiger partial charge is 0.126 e. The summed E-state index contributed by atoms with van der Waals surface area (Å²) in [6.07, 6.45) is 1.63. The number of nitrogen functional groups attached to an aromatic ring is 1. The number of pyridine rings is 1. The van der Waals surface area contributed by atoms with Gasteiger partial charge in [0.15, 0.2) is 0 Å². The van der Waals surface area contributed by atoms with Gasteiger partial charge in [0.2, 0.25) is 0 Å². The van der Waals surface area contributed by atoms with Crippen LogP contribution in [0.15, 0.2) is 18.3 Å². The van der Waals surface area contributed by atoms with E-state index < -0.39 is 0 Å². The van der Waals surface area contributed by atoms with Crippen molar-refractivity contribution in [3.05, 3.63) is 18.3 Å². The summed E-state index contributed by atoms with van der Waals surface area (Å²) in [6, 6.07) is 3.68. The fourth-order valence-electron chi connectivity index (χ4n) is 1.26. The van der Waals surface area contributed by atoms with E-state index in [1.807, 2.05) is 32.9 Å². The SMILES string of the molecule is CCOC(C)(C)CNc1ccc(N)cn1. The normalized spacial score (nSPS) is 11.4. The molecule has 0 aromatic carbocycles. The highest BCUT2D eigenvalue weighted by atomic mass is 16.5. The molecule has 0 atom stereocenters. The number of rotatable bonds is 5. The molecule has 1 aromatic rings. The zero-order valence-electron chi connectivity index (χ0n) is 9.58. The number of aromatic nitrogens is 1. The van der Waals surface area contributed by atoms with Crippen molar-refractivity contribution in [3.63, 3.8) is 0 Å². The first-order valence-corrected chi connectivity index (χ1v) is 5.13. The van der Waals surface area contributed by atoms with Gasteiger partial charge in [-0.05, 0) is 32.9 Å². The van der Waals surface area contributed by atoms with Crippen molar-refractivity contribution in [2.75, 3.05) is 24.2 Å². The molecule has 84 valence electrons. The molecule has 0 amide bonds. The summed E-state index contributed by atoms with van der Waals surface area (Å²) < 4.78 is 5.56. The fraction of sp³-hybridized carbons (Fsp3) is 0.545. The Morgan fingerprint density at radius 1 is 1.47 bits per heavy atom. The maximum absolute atomic E-state index is 5.56. The summed E-state index contributed by atoms with van der Waals surface area (Å²) in [4.78, 5) is 4.15. The molecule has 0 bridgehead atoms. The molecule has 0 saturated carbocycles. The zero-order chi connectivity index (χ0) is 11.3. The third-order valence-electron chi connectivity index (χ3n) is 2.02. The Hall–Kier alpha value is -1.29. The average Bonchev–Trinajstić information content (AvgIpc) is 2.17. The molecule has 0 aliphatic rings. The maximum Gasteiger partial charge on any atom is 0.126 e. The molecule has 0 unspecified atom stereocenters. The summed E-state index contributed by atoms with van der Waals surface area (Å²) in [5.74, 6) is 0.817. The van der Waals surface area contributed by atoms with E-state index in [-0.39, 0.29) is 5.60 Å². The van der Waals surface area contributed by atoms with Crippen LogP contribution in [0.5, 0.6) is 0 Å². The topological polar surface area (TPSA) is 60.2 Å². The lowest BCUT2D eigenvalue weighted by molar-refractivity contribution is 0.000644. The lowest BCUT2D eigenvalue weighted by Crippen LogP contribution is -2.33.